The van der Waals surface area contributed by atoms with E-state index in [4.69, 9.17) is 4.74 Å². The zero-order chi connectivity index (χ0) is 14.0. The van der Waals surface area contributed by atoms with E-state index in [1.54, 1.807) is 6.92 Å². The van der Waals surface area contributed by atoms with Gasteiger partial charge >= 0.3 is 0 Å². The molecule has 0 aromatic heterocycles. The van der Waals surface area contributed by atoms with Gasteiger partial charge in [0.2, 0.25) is 0 Å². The number of nitro groups is 1. The third-order valence-corrected chi connectivity index (χ3v) is 3.02. The average molecular weight is 268 g/mol. The Hall–Kier alpha value is -2.02. The first-order valence-corrected chi connectivity index (χ1v) is 5.83. The molecular formula is C12H13FN2O4. The number of amides is 1. The van der Waals surface area contributed by atoms with Crippen molar-refractivity contribution in [1.82, 2.24) is 4.90 Å². The van der Waals surface area contributed by atoms with Gasteiger partial charge in [-0.3, -0.25) is 14.9 Å². The number of nitrogens with zero attached hydrogens (tertiary/aromatic N) is 2. The Morgan fingerprint density at radius 3 is 2.89 bits per heavy atom. The summed E-state index contributed by atoms with van der Waals surface area (Å²) in [5.41, 5.74) is -0.525. The van der Waals surface area contributed by atoms with Crippen molar-refractivity contribution < 1.29 is 18.8 Å². The third-order valence-electron chi connectivity index (χ3n) is 3.02. The number of hydrogen-bond acceptors (Lipinski definition) is 4. The lowest BCUT2D eigenvalue weighted by molar-refractivity contribution is -0.385. The lowest BCUT2D eigenvalue weighted by atomic mass is 10.1. The summed E-state index contributed by atoms with van der Waals surface area (Å²) in [5.74, 6) is -1.35. The van der Waals surface area contributed by atoms with Crippen LogP contribution in [0.5, 0.6) is 0 Å². The number of halogens is 1. The molecule has 1 aliphatic rings. The van der Waals surface area contributed by atoms with Crippen LogP contribution in [0.2, 0.25) is 0 Å². The molecule has 0 bridgehead atoms. The van der Waals surface area contributed by atoms with Gasteiger partial charge in [-0.1, -0.05) is 0 Å². The van der Waals surface area contributed by atoms with E-state index in [1.807, 2.05) is 0 Å². The number of ether oxygens (including phenoxy) is 1. The number of carbonyl (C=O) groups is 1. The Morgan fingerprint density at radius 1 is 1.58 bits per heavy atom. The molecule has 1 heterocycles. The van der Waals surface area contributed by atoms with Crippen molar-refractivity contribution in [1.29, 1.82) is 0 Å². The molecule has 1 aromatic carbocycles. The van der Waals surface area contributed by atoms with Crippen LogP contribution in [-0.2, 0) is 4.74 Å². The van der Waals surface area contributed by atoms with Crippen LogP contribution in [-0.4, -0.2) is 41.5 Å². The van der Waals surface area contributed by atoms with Crippen molar-refractivity contribution in [3.8, 4) is 0 Å². The van der Waals surface area contributed by atoms with Crippen molar-refractivity contribution in [2.75, 3.05) is 19.8 Å². The van der Waals surface area contributed by atoms with Gasteiger partial charge in [0, 0.05) is 12.6 Å². The third kappa shape index (κ3) is 2.70. The number of morpholine rings is 1. The maximum atomic E-state index is 13.8. The summed E-state index contributed by atoms with van der Waals surface area (Å²) in [7, 11) is 0. The van der Waals surface area contributed by atoms with Gasteiger partial charge in [0.25, 0.3) is 11.6 Å². The van der Waals surface area contributed by atoms with E-state index in [9.17, 15) is 19.3 Å². The molecule has 0 N–H and O–H groups in total. The van der Waals surface area contributed by atoms with Crippen molar-refractivity contribution in [3.05, 3.63) is 39.7 Å². The largest absolute Gasteiger partial charge is 0.377 e. The Bertz CT molecular complexity index is 520. The van der Waals surface area contributed by atoms with Crippen LogP contribution < -0.4 is 0 Å². The summed E-state index contributed by atoms with van der Waals surface area (Å²) in [6.07, 6.45) is 0. The van der Waals surface area contributed by atoms with Crippen LogP contribution in [0.25, 0.3) is 0 Å². The topological polar surface area (TPSA) is 72.7 Å². The van der Waals surface area contributed by atoms with Crippen molar-refractivity contribution in [2.45, 2.75) is 13.0 Å². The van der Waals surface area contributed by atoms with Crippen molar-refractivity contribution >= 4 is 11.6 Å². The molecule has 1 amide bonds. The minimum Gasteiger partial charge on any atom is -0.377 e. The number of non-ortho nitro benzene ring substituents is 1. The Balaban J connectivity index is 2.26. The molecule has 1 aliphatic heterocycles. The minimum atomic E-state index is -0.877. The second kappa shape index (κ2) is 5.31. The van der Waals surface area contributed by atoms with Gasteiger partial charge < -0.3 is 9.64 Å². The SMILES string of the molecule is C[C@@H]1COCCN1C(=O)c1ccc([N+](=O)[O-])cc1F. The smallest absolute Gasteiger partial charge is 0.272 e. The summed E-state index contributed by atoms with van der Waals surface area (Å²) in [4.78, 5) is 23.5. The fourth-order valence-corrected chi connectivity index (χ4v) is 1.97. The summed E-state index contributed by atoms with van der Waals surface area (Å²) in [5, 5.41) is 10.5. The first-order chi connectivity index (χ1) is 9.00. The molecule has 1 saturated heterocycles. The summed E-state index contributed by atoms with van der Waals surface area (Å²) < 4.78 is 19.0. The second-order valence-corrected chi connectivity index (χ2v) is 4.34. The van der Waals surface area contributed by atoms with Gasteiger partial charge in [-0.2, -0.15) is 0 Å². The van der Waals surface area contributed by atoms with Crippen LogP contribution in [0.1, 0.15) is 17.3 Å². The van der Waals surface area contributed by atoms with Gasteiger partial charge in [-0.05, 0) is 13.0 Å². The summed E-state index contributed by atoms with van der Waals surface area (Å²) >= 11 is 0. The van der Waals surface area contributed by atoms with Gasteiger partial charge in [-0.15, -0.1) is 0 Å². The van der Waals surface area contributed by atoms with Crippen LogP contribution in [0, 0.1) is 15.9 Å². The van der Waals surface area contributed by atoms with Gasteiger partial charge in [0.05, 0.1) is 35.8 Å². The zero-order valence-corrected chi connectivity index (χ0v) is 10.3. The maximum Gasteiger partial charge on any atom is 0.272 e. The zero-order valence-electron chi connectivity index (χ0n) is 10.3. The molecule has 0 saturated carbocycles. The van der Waals surface area contributed by atoms with E-state index in [1.165, 1.54) is 4.90 Å². The monoisotopic (exact) mass is 268 g/mol. The molecule has 0 aliphatic carbocycles. The highest BCUT2D eigenvalue weighted by Gasteiger charge is 2.27. The molecule has 1 atom stereocenters. The van der Waals surface area contributed by atoms with Crippen molar-refractivity contribution in [3.63, 3.8) is 0 Å². The fourth-order valence-electron chi connectivity index (χ4n) is 1.97. The number of carbonyl (C=O) groups excluding carboxylic acids is 1. The normalized spacial score (nSPS) is 19.3. The van der Waals surface area contributed by atoms with Crippen LogP contribution in [0.4, 0.5) is 10.1 Å². The molecule has 0 radical (unpaired) electrons. The van der Waals surface area contributed by atoms with Crippen LogP contribution in [0.3, 0.4) is 0 Å². The highest BCUT2D eigenvalue weighted by molar-refractivity contribution is 5.95. The van der Waals surface area contributed by atoms with E-state index in [0.29, 0.717) is 19.8 Å². The summed E-state index contributed by atoms with van der Waals surface area (Å²) in [6, 6.07) is 2.90. The Kier molecular flexibility index (Phi) is 3.75. The van der Waals surface area contributed by atoms with Gasteiger partial charge in [-0.25, -0.2) is 4.39 Å². The van der Waals surface area contributed by atoms with E-state index in [0.717, 1.165) is 18.2 Å². The Morgan fingerprint density at radius 2 is 2.32 bits per heavy atom. The van der Waals surface area contributed by atoms with Gasteiger partial charge in [0.15, 0.2) is 0 Å². The fraction of sp³-hybridized carbons (Fsp3) is 0.417. The predicted octanol–water partition coefficient (Wildman–Crippen LogP) is 1.59. The first-order valence-electron chi connectivity index (χ1n) is 5.83. The lowest BCUT2D eigenvalue weighted by Crippen LogP contribution is -2.47. The number of benzene rings is 1. The van der Waals surface area contributed by atoms with Gasteiger partial charge in [0.1, 0.15) is 5.82 Å². The predicted molar refractivity (Wildman–Crippen MR) is 64.4 cm³/mol. The Labute approximate surface area is 108 Å². The standard InChI is InChI=1S/C12H13FN2O4/c1-8-7-19-5-4-14(8)12(16)10-3-2-9(15(17)18)6-11(10)13/h2-3,6,8H,4-5,7H2,1H3/t8-/m1/s1. The highest BCUT2D eigenvalue weighted by Crippen LogP contribution is 2.19. The summed E-state index contributed by atoms with van der Waals surface area (Å²) in [6.45, 7) is 3.00. The molecule has 19 heavy (non-hydrogen) atoms. The van der Waals surface area contributed by atoms with E-state index >= 15 is 0 Å². The number of nitro benzene ring substituents is 1. The molecule has 1 fully saturated rings. The lowest BCUT2D eigenvalue weighted by Gasteiger charge is -2.33. The molecule has 7 heteroatoms. The minimum absolute atomic E-state index is 0.143. The first kappa shape index (κ1) is 13.4. The number of hydrogen-bond donors (Lipinski definition) is 0. The average Bonchev–Trinajstić information content (AvgIpc) is 2.38. The highest BCUT2D eigenvalue weighted by atomic mass is 19.1. The van der Waals surface area contributed by atoms with E-state index in [2.05, 4.69) is 0 Å². The molecule has 102 valence electrons. The van der Waals surface area contributed by atoms with Crippen LogP contribution in [0.15, 0.2) is 18.2 Å². The maximum absolute atomic E-state index is 13.8. The van der Waals surface area contributed by atoms with E-state index in [-0.39, 0.29) is 17.3 Å². The molecule has 2 rings (SSSR count). The molecule has 0 unspecified atom stereocenters. The van der Waals surface area contributed by atoms with E-state index < -0.39 is 16.6 Å². The molecule has 1 aromatic rings. The second-order valence-electron chi connectivity index (χ2n) is 4.34. The molecule has 6 nitrogen and oxygen atoms in total. The van der Waals surface area contributed by atoms with Crippen LogP contribution >= 0.6 is 0 Å². The molecular weight excluding hydrogens is 255 g/mol. The quantitative estimate of drug-likeness (QED) is 0.603. The number of rotatable bonds is 2. The van der Waals surface area contributed by atoms with Crippen molar-refractivity contribution in [2.24, 2.45) is 0 Å². The molecule has 0 spiro atoms.